The standard InChI is InChI=1S/C37H38Cl2FN5O4/c1-48-31-13-22(12-29(40)28(31)18-45-19-37(20-45)14-24(46)15-37)35-34(39)26(10-11-42-35)25-4-3-5-27(33(25)38)30-8-6-21(36(44-30)49-2)16-41-17-23-7-9-32(47)43-23/h3-6,8,10-13,23-24,41,46H,7,9,14-20H2,1-2H3,(H,43,47)/t23-/m1/s1. The lowest BCUT2D eigenvalue weighted by molar-refractivity contribution is -0.131. The molecule has 49 heavy (non-hydrogen) atoms. The fourth-order valence-electron chi connectivity index (χ4n) is 7.45. The second-order valence-corrected chi connectivity index (χ2v) is 14.1. The van der Waals surface area contributed by atoms with Crippen LogP contribution in [0.4, 0.5) is 4.39 Å². The lowest BCUT2D eigenvalue weighted by Crippen LogP contribution is -2.63. The Morgan fingerprint density at radius 1 is 1.06 bits per heavy atom. The molecule has 1 amide bonds. The van der Waals surface area contributed by atoms with E-state index in [-0.39, 0.29) is 23.5 Å². The molecular weight excluding hydrogens is 668 g/mol. The van der Waals surface area contributed by atoms with Gasteiger partial charge < -0.3 is 25.2 Å². The smallest absolute Gasteiger partial charge is 0.220 e. The van der Waals surface area contributed by atoms with Gasteiger partial charge >= 0.3 is 0 Å². The number of rotatable bonds is 11. The predicted octanol–water partition coefficient (Wildman–Crippen LogP) is 6.27. The first-order valence-corrected chi connectivity index (χ1v) is 17.2. The van der Waals surface area contributed by atoms with E-state index in [0.29, 0.717) is 86.9 Å². The molecule has 1 aliphatic carbocycles. The third kappa shape index (κ3) is 6.72. The fraction of sp³-hybridized carbons (Fsp3) is 0.378. The Hall–Kier alpha value is -3.80. The normalized spacial score (nSPS) is 18.7. The molecule has 7 rings (SSSR count). The summed E-state index contributed by atoms with van der Waals surface area (Å²) in [4.78, 5) is 23.0. The molecule has 12 heteroatoms. The summed E-state index contributed by atoms with van der Waals surface area (Å²) in [5.41, 5.74) is 5.08. The summed E-state index contributed by atoms with van der Waals surface area (Å²) >= 11 is 14.1. The molecule has 256 valence electrons. The molecular formula is C37H38Cl2FN5O4. The van der Waals surface area contributed by atoms with Gasteiger partial charge in [-0.2, -0.15) is 0 Å². The molecule has 9 nitrogen and oxygen atoms in total. The number of likely N-dealkylation sites (tertiary alicyclic amines) is 1. The first-order chi connectivity index (χ1) is 23.7. The first kappa shape index (κ1) is 33.7. The zero-order chi connectivity index (χ0) is 34.3. The largest absolute Gasteiger partial charge is 0.496 e. The Morgan fingerprint density at radius 2 is 1.84 bits per heavy atom. The van der Waals surface area contributed by atoms with Crippen molar-refractivity contribution < 1.29 is 23.8 Å². The van der Waals surface area contributed by atoms with Crippen molar-refractivity contribution >= 4 is 29.1 Å². The van der Waals surface area contributed by atoms with Crippen LogP contribution in [0, 0.1) is 11.2 Å². The summed E-state index contributed by atoms with van der Waals surface area (Å²) in [5.74, 6) is 0.596. The minimum absolute atomic E-state index is 0.0877. The van der Waals surface area contributed by atoms with Crippen molar-refractivity contribution in [2.45, 2.75) is 50.9 Å². The van der Waals surface area contributed by atoms with Crippen LogP contribution in [0.2, 0.25) is 10.0 Å². The van der Waals surface area contributed by atoms with Gasteiger partial charge in [0.1, 0.15) is 11.6 Å². The minimum Gasteiger partial charge on any atom is -0.496 e. The maximum Gasteiger partial charge on any atom is 0.220 e. The molecule has 3 N–H and O–H groups in total. The van der Waals surface area contributed by atoms with Gasteiger partial charge in [-0.3, -0.25) is 14.7 Å². The number of hydrogen-bond donors (Lipinski definition) is 3. The van der Waals surface area contributed by atoms with E-state index >= 15 is 4.39 Å². The maximum atomic E-state index is 15.7. The summed E-state index contributed by atoms with van der Waals surface area (Å²) in [7, 11) is 3.11. The van der Waals surface area contributed by atoms with Crippen molar-refractivity contribution in [1.82, 2.24) is 25.5 Å². The molecule has 2 saturated heterocycles. The van der Waals surface area contributed by atoms with Crippen LogP contribution in [0.5, 0.6) is 11.6 Å². The number of aromatic nitrogens is 2. The van der Waals surface area contributed by atoms with Crippen LogP contribution >= 0.6 is 23.2 Å². The lowest BCUT2D eigenvalue weighted by atomic mass is 9.62. The average molecular weight is 707 g/mol. The second kappa shape index (κ2) is 13.8. The number of carbonyl (C=O) groups is 1. The number of methoxy groups -OCH3 is 2. The van der Waals surface area contributed by atoms with Gasteiger partial charge in [-0.25, -0.2) is 9.37 Å². The summed E-state index contributed by atoms with van der Waals surface area (Å²) in [6.45, 7) is 3.30. The minimum atomic E-state index is -0.392. The van der Waals surface area contributed by atoms with E-state index < -0.39 is 5.82 Å². The number of ether oxygens (including phenoxy) is 2. The zero-order valence-corrected chi connectivity index (χ0v) is 28.9. The molecule has 4 aromatic rings. The summed E-state index contributed by atoms with van der Waals surface area (Å²) in [6.07, 6.45) is 4.43. The SMILES string of the molecule is COc1cc(-c2nccc(-c3cccc(-c4ccc(CNC[C@H]5CCC(=O)N5)c(OC)n4)c3Cl)c2Cl)cc(F)c1CN1CC2(CC(O)C2)C1. The van der Waals surface area contributed by atoms with Crippen molar-refractivity contribution in [3.05, 3.63) is 81.7 Å². The fourth-order valence-corrected chi connectivity index (χ4v) is 8.10. The molecule has 2 aromatic carbocycles. The lowest BCUT2D eigenvalue weighted by Gasteiger charge is -2.58. The van der Waals surface area contributed by atoms with Crippen LogP contribution in [0.1, 0.15) is 36.8 Å². The molecule has 0 bridgehead atoms. The Kier molecular flexibility index (Phi) is 9.51. The van der Waals surface area contributed by atoms with Crippen LogP contribution in [-0.2, 0) is 17.9 Å². The molecule has 3 aliphatic rings. The van der Waals surface area contributed by atoms with Crippen molar-refractivity contribution in [3.63, 3.8) is 0 Å². The van der Waals surface area contributed by atoms with E-state index in [1.807, 2.05) is 30.3 Å². The highest BCUT2D eigenvalue weighted by molar-refractivity contribution is 6.39. The molecule has 1 spiro atoms. The summed E-state index contributed by atoms with van der Waals surface area (Å²) in [6, 6.07) is 14.6. The summed E-state index contributed by atoms with van der Waals surface area (Å²) < 4.78 is 27.0. The van der Waals surface area contributed by atoms with E-state index in [4.69, 9.17) is 37.7 Å². The van der Waals surface area contributed by atoms with Gasteiger partial charge in [0, 0.05) is 90.2 Å². The Balaban J connectivity index is 1.12. The molecule has 1 saturated carbocycles. The van der Waals surface area contributed by atoms with Gasteiger partial charge in [0.05, 0.1) is 41.8 Å². The quantitative estimate of drug-likeness (QED) is 0.168. The highest BCUT2D eigenvalue weighted by atomic mass is 35.5. The molecule has 0 unspecified atom stereocenters. The Morgan fingerprint density at radius 3 is 2.55 bits per heavy atom. The number of aliphatic hydroxyl groups excluding tert-OH is 1. The third-order valence-electron chi connectivity index (χ3n) is 9.86. The van der Waals surface area contributed by atoms with Crippen molar-refractivity contribution in [2.75, 3.05) is 33.9 Å². The topological polar surface area (TPSA) is 109 Å². The monoisotopic (exact) mass is 705 g/mol. The van der Waals surface area contributed by atoms with Crippen LogP contribution in [0.15, 0.2) is 54.7 Å². The number of aliphatic hydroxyl groups is 1. The van der Waals surface area contributed by atoms with E-state index in [9.17, 15) is 9.90 Å². The molecule has 2 aliphatic heterocycles. The Labute approximate surface area is 294 Å². The van der Waals surface area contributed by atoms with Gasteiger partial charge in [-0.1, -0.05) is 47.5 Å². The zero-order valence-electron chi connectivity index (χ0n) is 27.4. The van der Waals surface area contributed by atoms with Crippen molar-refractivity contribution in [3.8, 4) is 45.3 Å². The molecule has 0 radical (unpaired) electrons. The third-order valence-corrected chi connectivity index (χ3v) is 10.7. The van der Waals surface area contributed by atoms with E-state index in [1.165, 1.54) is 13.2 Å². The van der Waals surface area contributed by atoms with Gasteiger partial charge in [0.25, 0.3) is 0 Å². The van der Waals surface area contributed by atoms with E-state index in [2.05, 4.69) is 20.5 Å². The van der Waals surface area contributed by atoms with Crippen LogP contribution < -0.4 is 20.1 Å². The highest BCUT2D eigenvalue weighted by Crippen LogP contribution is 2.49. The number of benzene rings is 2. The number of nitrogens with one attached hydrogen (secondary N) is 2. The van der Waals surface area contributed by atoms with Gasteiger partial charge in [0.2, 0.25) is 11.8 Å². The predicted molar refractivity (Wildman–Crippen MR) is 187 cm³/mol. The molecule has 1 atom stereocenters. The maximum absolute atomic E-state index is 15.7. The number of pyridine rings is 2. The van der Waals surface area contributed by atoms with E-state index in [1.54, 1.807) is 25.4 Å². The summed E-state index contributed by atoms with van der Waals surface area (Å²) in [5, 5.41) is 16.8. The second-order valence-electron chi connectivity index (χ2n) is 13.3. The highest BCUT2D eigenvalue weighted by Gasteiger charge is 2.51. The number of hydrogen-bond acceptors (Lipinski definition) is 8. The van der Waals surface area contributed by atoms with Gasteiger partial charge in [0.15, 0.2) is 0 Å². The number of carbonyl (C=O) groups excluding carboxylic acids is 1. The first-order valence-electron chi connectivity index (χ1n) is 16.4. The van der Waals surface area contributed by atoms with E-state index in [0.717, 1.165) is 37.9 Å². The van der Waals surface area contributed by atoms with Gasteiger partial charge in [-0.15, -0.1) is 0 Å². The van der Waals surface area contributed by atoms with Crippen molar-refractivity contribution in [2.24, 2.45) is 5.41 Å². The number of halogens is 3. The molecule has 2 aromatic heterocycles. The molecule has 3 fully saturated rings. The number of nitrogens with zero attached hydrogens (tertiary/aromatic N) is 3. The number of amides is 1. The van der Waals surface area contributed by atoms with Crippen molar-refractivity contribution in [1.29, 1.82) is 0 Å². The van der Waals surface area contributed by atoms with Crippen LogP contribution in [0.25, 0.3) is 33.6 Å². The van der Waals surface area contributed by atoms with Gasteiger partial charge in [-0.05, 0) is 43.5 Å². The molecule has 4 heterocycles. The van der Waals surface area contributed by atoms with Crippen LogP contribution in [0.3, 0.4) is 0 Å². The average Bonchev–Trinajstić information content (AvgIpc) is 3.48. The van der Waals surface area contributed by atoms with Crippen LogP contribution in [-0.4, -0.2) is 71.9 Å². The Bertz CT molecular complexity index is 1900.